The van der Waals surface area contributed by atoms with Crippen LogP contribution in [0.3, 0.4) is 0 Å². The Morgan fingerprint density at radius 1 is 1.59 bits per heavy atom. The van der Waals surface area contributed by atoms with E-state index in [1.54, 1.807) is 6.92 Å². The SMILES string of the molecule is CC(=O)NC1CCN(C2CNCCC2(C)O)C1. The molecule has 2 aliphatic rings. The standard InChI is InChI=1S/C12H23N3O2/c1-9(16)14-10-3-6-15(8-10)11-7-13-5-4-12(11,2)17/h10-11,13,17H,3-8H2,1-2H3,(H,14,16). The highest BCUT2D eigenvalue weighted by atomic mass is 16.3. The van der Waals surface area contributed by atoms with Crippen molar-refractivity contribution in [2.75, 3.05) is 26.2 Å². The Hall–Kier alpha value is -0.650. The third-order valence-corrected chi connectivity index (χ3v) is 3.93. The second-order valence-electron chi connectivity index (χ2n) is 5.51. The summed E-state index contributed by atoms with van der Waals surface area (Å²) in [6, 6.07) is 0.403. The van der Waals surface area contributed by atoms with Gasteiger partial charge in [-0.1, -0.05) is 0 Å². The van der Waals surface area contributed by atoms with Crippen molar-refractivity contribution in [2.45, 2.75) is 44.4 Å². The first-order valence-corrected chi connectivity index (χ1v) is 6.43. The summed E-state index contributed by atoms with van der Waals surface area (Å²) in [5.41, 5.74) is -0.615. The molecule has 0 aromatic carbocycles. The van der Waals surface area contributed by atoms with Gasteiger partial charge in [-0.05, 0) is 26.3 Å². The molecule has 3 N–H and O–H groups in total. The van der Waals surface area contributed by atoms with Gasteiger partial charge in [-0.15, -0.1) is 0 Å². The van der Waals surface area contributed by atoms with Crippen LogP contribution in [0.25, 0.3) is 0 Å². The molecule has 2 heterocycles. The Kier molecular flexibility index (Phi) is 3.70. The maximum absolute atomic E-state index is 11.0. The summed E-state index contributed by atoms with van der Waals surface area (Å²) in [5.74, 6) is 0.0328. The van der Waals surface area contributed by atoms with Crippen molar-refractivity contribution >= 4 is 5.91 Å². The van der Waals surface area contributed by atoms with Gasteiger partial charge in [0.15, 0.2) is 0 Å². The normalized spacial score (nSPS) is 39.2. The minimum absolute atomic E-state index is 0.0328. The lowest BCUT2D eigenvalue weighted by atomic mass is 9.88. The minimum Gasteiger partial charge on any atom is -0.388 e. The van der Waals surface area contributed by atoms with E-state index in [9.17, 15) is 9.90 Å². The maximum atomic E-state index is 11.0. The van der Waals surface area contributed by atoms with Crippen molar-refractivity contribution in [2.24, 2.45) is 0 Å². The molecule has 0 spiro atoms. The molecule has 2 saturated heterocycles. The molecule has 0 saturated carbocycles. The summed E-state index contributed by atoms with van der Waals surface area (Å²) in [5, 5.41) is 16.7. The number of carbonyl (C=O) groups is 1. The second kappa shape index (κ2) is 4.92. The fourth-order valence-electron chi connectivity index (χ4n) is 2.96. The predicted molar refractivity (Wildman–Crippen MR) is 65.7 cm³/mol. The number of amides is 1. The quantitative estimate of drug-likeness (QED) is 0.599. The van der Waals surface area contributed by atoms with E-state index in [-0.39, 0.29) is 18.0 Å². The smallest absolute Gasteiger partial charge is 0.217 e. The lowest BCUT2D eigenvalue weighted by molar-refractivity contribution is -0.119. The van der Waals surface area contributed by atoms with Crippen LogP contribution in [0.2, 0.25) is 0 Å². The molecule has 2 fully saturated rings. The number of nitrogens with zero attached hydrogens (tertiary/aromatic N) is 1. The molecule has 2 rings (SSSR count). The number of carbonyl (C=O) groups excluding carboxylic acids is 1. The van der Waals surface area contributed by atoms with Crippen LogP contribution in [-0.2, 0) is 4.79 Å². The van der Waals surface area contributed by atoms with E-state index in [1.165, 1.54) is 0 Å². The lowest BCUT2D eigenvalue weighted by Crippen LogP contribution is -2.60. The molecule has 0 aromatic rings. The van der Waals surface area contributed by atoms with Crippen LogP contribution in [0.5, 0.6) is 0 Å². The fraction of sp³-hybridized carbons (Fsp3) is 0.917. The fourth-order valence-corrected chi connectivity index (χ4v) is 2.96. The number of nitrogens with one attached hydrogen (secondary N) is 2. The molecular weight excluding hydrogens is 218 g/mol. The maximum Gasteiger partial charge on any atom is 0.217 e. The third-order valence-electron chi connectivity index (χ3n) is 3.93. The zero-order chi connectivity index (χ0) is 12.5. The predicted octanol–water partition coefficient (Wildman–Crippen LogP) is -0.690. The average molecular weight is 241 g/mol. The Morgan fingerprint density at radius 2 is 2.35 bits per heavy atom. The largest absolute Gasteiger partial charge is 0.388 e. The summed E-state index contributed by atoms with van der Waals surface area (Å²) < 4.78 is 0. The number of hydrogen-bond donors (Lipinski definition) is 3. The van der Waals surface area contributed by atoms with Gasteiger partial charge in [0.05, 0.1) is 11.6 Å². The van der Waals surface area contributed by atoms with Crippen molar-refractivity contribution in [1.29, 1.82) is 0 Å². The molecule has 3 atom stereocenters. The summed E-state index contributed by atoms with van der Waals surface area (Å²) >= 11 is 0. The van der Waals surface area contributed by atoms with Crippen LogP contribution < -0.4 is 10.6 Å². The van der Waals surface area contributed by atoms with Crippen molar-refractivity contribution < 1.29 is 9.90 Å². The molecule has 3 unspecified atom stereocenters. The van der Waals surface area contributed by atoms with Crippen LogP contribution in [0, 0.1) is 0 Å². The number of likely N-dealkylation sites (tertiary alicyclic amines) is 1. The highest BCUT2D eigenvalue weighted by Crippen LogP contribution is 2.25. The van der Waals surface area contributed by atoms with Crippen LogP contribution in [-0.4, -0.2) is 59.8 Å². The summed E-state index contributed by atoms with van der Waals surface area (Å²) in [6.45, 7) is 6.99. The van der Waals surface area contributed by atoms with Gasteiger partial charge in [-0.2, -0.15) is 0 Å². The monoisotopic (exact) mass is 241 g/mol. The van der Waals surface area contributed by atoms with Gasteiger partial charge in [0.1, 0.15) is 0 Å². The molecule has 98 valence electrons. The Bertz CT molecular complexity index is 293. The molecule has 17 heavy (non-hydrogen) atoms. The highest BCUT2D eigenvalue weighted by Gasteiger charge is 2.40. The van der Waals surface area contributed by atoms with E-state index in [0.29, 0.717) is 0 Å². The lowest BCUT2D eigenvalue weighted by Gasteiger charge is -2.42. The van der Waals surface area contributed by atoms with Gasteiger partial charge in [0, 0.05) is 32.6 Å². The minimum atomic E-state index is -0.615. The molecule has 5 nitrogen and oxygen atoms in total. The number of rotatable bonds is 2. The van der Waals surface area contributed by atoms with E-state index in [2.05, 4.69) is 15.5 Å². The average Bonchev–Trinajstić information content (AvgIpc) is 2.64. The van der Waals surface area contributed by atoms with E-state index < -0.39 is 5.60 Å². The van der Waals surface area contributed by atoms with Gasteiger partial charge in [-0.3, -0.25) is 9.69 Å². The van der Waals surface area contributed by atoms with Crippen molar-refractivity contribution in [3.63, 3.8) is 0 Å². The summed E-state index contributed by atoms with van der Waals surface area (Å²) in [7, 11) is 0. The number of piperidine rings is 1. The molecule has 5 heteroatoms. The molecule has 0 aliphatic carbocycles. The highest BCUT2D eigenvalue weighted by molar-refractivity contribution is 5.73. The Balaban J connectivity index is 1.93. The first-order chi connectivity index (χ1) is 7.99. The summed E-state index contributed by atoms with van der Waals surface area (Å²) in [4.78, 5) is 13.3. The first-order valence-electron chi connectivity index (χ1n) is 6.43. The molecular formula is C12H23N3O2. The van der Waals surface area contributed by atoms with Gasteiger partial charge in [0.25, 0.3) is 0 Å². The van der Waals surface area contributed by atoms with Gasteiger partial charge < -0.3 is 15.7 Å². The number of aliphatic hydroxyl groups is 1. The van der Waals surface area contributed by atoms with E-state index >= 15 is 0 Å². The molecule has 2 aliphatic heterocycles. The Labute approximate surface area is 103 Å². The third kappa shape index (κ3) is 2.97. The van der Waals surface area contributed by atoms with Crippen molar-refractivity contribution in [1.82, 2.24) is 15.5 Å². The van der Waals surface area contributed by atoms with Gasteiger partial charge >= 0.3 is 0 Å². The topological polar surface area (TPSA) is 64.6 Å². The molecule has 0 bridgehead atoms. The second-order valence-corrected chi connectivity index (χ2v) is 5.51. The van der Waals surface area contributed by atoms with Gasteiger partial charge in [-0.25, -0.2) is 0 Å². The zero-order valence-corrected chi connectivity index (χ0v) is 10.7. The van der Waals surface area contributed by atoms with E-state index in [0.717, 1.165) is 39.0 Å². The van der Waals surface area contributed by atoms with Crippen LogP contribution in [0.15, 0.2) is 0 Å². The Morgan fingerprint density at radius 3 is 3.00 bits per heavy atom. The summed E-state index contributed by atoms with van der Waals surface area (Å²) in [6.07, 6.45) is 1.77. The van der Waals surface area contributed by atoms with Crippen molar-refractivity contribution in [3.05, 3.63) is 0 Å². The van der Waals surface area contributed by atoms with Gasteiger partial charge in [0.2, 0.25) is 5.91 Å². The van der Waals surface area contributed by atoms with E-state index in [1.807, 2.05) is 6.92 Å². The molecule has 0 aromatic heterocycles. The van der Waals surface area contributed by atoms with Crippen molar-refractivity contribution in [3.8, 4) is 0 Å². The van der Waals surface area contributed by atoms with E-state index in [4.69, 9.17) is 0 Å². The first kappa shape index (κ1) is 12.8. The molecule has 1 amide bonds. The number of hydrogen-bond acceptors (Lipinski definition) is 4. The van der Waals surface area contributed by atoms with Crippen LogP contribution >= 0.6 is 0 Å². The zero-order valence-electron chi connectivity index (χ0n) is 10.7. The van der Waals surface area contributed by atoms with Crippen LogP contribution in [0.4, 0.5) is 0 Å². The molecule has 0 radical (unpaired) electrons. The van der Waals surface area contributed by atoms with Crippen LogP contribution in [0.1, 0.15) is 26.7 Å².